The Hall–Kier alpha value is -2.44. The van der Waals surface area contributed by atoms with E-state index in [1.165, 1.54) is 5.56 Å². The minimum absolute atomic E-state index is 0.136. The topological polar surface area (TPSA) is 74.4 Å². The van der Waals surface area contributed by atoms with Gasteiger partial charge in [0.05, 0.1) is 13.2 Å². The monoisotopic (exact) mass is 383 g/mol. The van der Waals surface area contributed by atoms with Gasteiger partial charge < -0.3 is 15.0 Å². The number of hydrogen-bond acceptors (Lipinski definition) is 4. The smallest absolute Gasteiger partial charge is 0.261 e. The molecule has 1 aliphatic rings. The molecule has 2 N–H and O–H groups in total. The van der Waals surface area contributed by atoms with Crippen molar-refractivity contribution in [3.63, 3.8) is 0 Å². The molecule has 1 fully saturated rings. The van der Waals surface area contributed by atoms with E-state index in [-0.39, 0.29) is 22.4 Å². The van der Waals surface area contributed by atoms with Crippen molar-refractivity contribution < 1.29 is 9.53 Å². The molecule has 150 valence electrons. The Bertz CT molecular complexity index is 860. The number of rotatable bonds is 5. The fourth-order valence-electron chi connectivity index (χ4n) is 3.15. The number of aromatic amines is 1. The Morgan fingerprint density at radius 2 is 1.71 bits per heavy atom. The molecule has 0 unspecified atom stereocenters. The highest BCUT2D eigenvalue weighted by molar-refractivity contribution is 5.93. The number of ether oxygens (including phenoxy) is 1. The molecule has 0 aliphatic carbocycles. The van der Waals surface area contributed by atoms with Gasteiger partial charge in [0.2, 0.25) is 0 Å². The van der Waals surface area contributed by atoms with E-state index in [4.69, 9.17) is 4.74 Å². The van der Waals surface area contributed by atoms with Crippen LogP contribution in [-0.2, 0) is 23.2 Å². The molecule has 1 saturated heterocycles. The van der Waals surface area contributed by atoms with Crippen LogP contribution in [-0.4, -0.2) is 42.1 Å². The first-order valence-electron chi connectivity index (χ1n) is 9.73. The van der Waals surface area contributed by atoms with Crippen LogP contribution >= 0.6 is 0 Å². The second kappa shape index (κ2) is 8.71. The van der Waals surface area contributed by atoms with Gasteiger partial charge in [-0.25, -0.2) is 0 Å². The lowest BCUT2D eigenvalue weighted by Gasteiger charge is -2.26. The predicted octanol–water partition coefficient (Wildman–Crippen LogP) is 2.43. The number of nitrogens with zero attached hydrogens (tertiary/aromatic N) is 1. The van der Waals surface area contributed by atoms with Gasteiger partial charge in [-0.2, -0.15) is 0 Å². The molecule has 0 atom stereocenters. The van der Waals surface area contributed by atoms with E-state index in [1.807, 2.05) is 32.9 Å². The second-order valence-corrected chi connectivity index (χ2v) is 8.25. The summed E-state index contributed by atoms with van der Waals surface area (Å²) in [4.78, 5) is 29.8. The summed E-state index contributed by atoms with van der Waals surface area (Å²) in [6.07, 6.45) is 0. The maximum absolute atomic E-state index is 12.4. The third-order valence-corrected chi connectivity index (χ3v) is 4.95. The lowest BCUT2D eigenvalue weighted by Crippen LogP contribution is -2.35. The summed E-state index contributed by atoms with van der Waals surface area (Å²) in [5, 5.41) is 2.83. The molecule has 0 saturated carbocycles. The van der Waals surface area contributed by atoms with Gasteiger partial charge in [0, 0.05) is 37.3 Å². The molecule has 0 spiro atoms. The average molecular weight is 383 g/mol. The fourth-order valence-corrected chi connectivity index (χ4v) is 3.15. The lowest BCUT2D eigenvalue weighted by atomic mass is 9.91. The summed E-state index contributed by atoms with van der Waals surface area (Å²) in [6.45, 7) is 10.8. The van der Waals surface area contributed by atoms with Crippen LogP contribution in [0.25, 0.3) is 0 Å². The number of benzene rings is 1. The van der Waals surface area contributed by atoms with Crippen molar-refractivity contribution in [3.05, 3.63) is 69.1 Å². The van der Waals surface area contributed by atoms with Crippen molar-refractivity contribution in [3.8, 4) is 0 Å². The summed E-state index contributed by atoms with van der Waals surface area (Å²) < 4.78 is 5.37. The number of hydrogen-bond donors (Lipinski definition) is 2. The number of nitrogens with one attached hydrogen (secondary N) is 2. The normalized spacial score (nSPS) is 15.4. The molecule has 1 aliphatic heterocycles. The zero-order chi connectivity index (χ0) is 20.1. The van der Waals surface area contributed by atoms with E-state index in [1.54, 1.807) is 12.1 Å². The van der Waals surface area contributed by atoms with Crippen molar-refractivity contribution in [2.24, 2.45) is 0 Å². The molecule has 0 radical (unpaired) electrons. The zero-order valence-electron chi connectivity index (χ0n) is 16.9. The number of amides is 1. The molecular weight excluding hydrogens is 354 g/mol. The molecule has 6 nitrogen and oxygen atoms in total. The van der Waals surface area contributed by atoms with Crippen molar-refractivity contribution in [2.45, 2.75) is 39.3 Å². The average Bonchev–Trinajstić information content (AvgIpc) is 2.67. The van der Waals surface area contributed by atoms with Crippen molar-refractivity contribution in [2.75, 3.05) is 26.3 Å². The van der Waals surface area contributed by atoms with Crippen LogP contribution < -0.4 is 10.9 Å². The van der Waals surface area contributed by atoms with E-state index in [9.17, 15) is 9.59 Å². The standard InChI is InChI=1S/C22H29N3O3/c1-22(2,3)19-9-8-18(21(27)24-19)20(26)23-14-16-4-6-17(7-5-16)15-25-10-12-28-13-11-25/h4-9H,10-15H2,1-3H3,(H,23,26)(H,24,27). The van der Waals surface area contributed by atoms with Gasteiger partial charge in [-0.15, -0.1) is 0 Å². The number of carbonyl (C=O) groups excluding carboxylic acids is 1. The first kappa shape index (κ1) is 20.3. The van der Waals surface area contributed by atoms with Crippen LogP contribution in [0.3, 0.4) is 0 Å². The Morgan fingerprint density at radius 1 is 1.07 bits per heavy atom. The fraction of sp³-hybridized carbons (Fsp3) is 0.455. The molecule has 3 rings (SSSR count). The van der Waals surface area contributed by atoms with Gasteiger partial charge in [0.25, 0.3) is 11.5 Å². The van der Waals surface area contributed by atoms with Crippen LogP contribution in [0.15, 0.2) is 41.2 Å². The van der Waals surface area contributed by atoms with Crippen LogP contribution in [0.5, 0.6) is 0 Å². The van der Waals surface area contributed by atoms with E-state index in [0.29, 0.717) is 6.54 Å². The molecule has 2 heterocycles. The summed E-state index contributed by atoms with van der Waals surface area (Å²) in [5.41, 5.74) is 2.66. The van der Waals surface area contributed by atoms with Gasteiger partial charge in [-0.3, -0.25) is 14.5 Å². The molecule has 1 aromatic carbocycles. The summed E-state index contributed by atoms with van der Waals surface area (Å²) in [6, 6.07) is 11.6. The Kier molecular flexibility index (Phi) is 6.31. The van der Waals surface area contributed by atoms with Crippen LogP contribution in [0, 0.1) is 0 Å². The van der Waals surface area contributed by atoms with Gasteiger partial charge >= 0.3 is 0 Å². The third kappa shape index (κ3) is 5.30. The number of aromatic nitrogens is 1. The molecule has 0 bridgehead atoms. The SMILES string of the molecule is CC(C)(C)c1ccc(C(=O)NCc2ccc(CN3CCOCC3)cc2)c(=O)[nH]1. The van der Waals surface area contributed by atoms with E-state index >= 15 is 0 Å². The molecule has 1 aromatic heterocycles. The second-order valence-electron chi connectivity index (χ2n) is 8.25. The number of pyridine rings is 1. The molecule has 1 amide bonds. The third-order valence-electron chi connectivity index (χ3n) is 4.95. The predicted molar refractivity (Wildman–Crippen MR) is 109 cm³/mol. The molecule has 6 heteroatoms. The summed E-state index contributed by atoms with van der Waals surface area (Å²) in [7, 11) is 0. The molecule has 2 aromatic rings. The van der Waals surface area contributed by atoms with Gasteiger partial charge in [0.15, 0.2) is 0 Å². The van der Waals surface area contributed by atoms with Crippen molar-refractivity contribution in [1.82, 2.24) is 15.2 Å². The van der Waals surface area contributed by atoms with Crippen molar-refractivity contribution in [1.29, 1.82) is 0 Å². The minimum Gasteiger partial charge on any atom is -0.379 e. The first-order valence-corrected chi connectivity index (χ1v) is 9.73. The molecular formula is C22H29N3O3. The van der Waals surface area contributed by atoms with E-state index in [2.05, 4.69) is 27.3 Å². The maximum Gasteiger partial charge on any atom is 0.261 e. The number of carbonyl (C=O) groups is 1. The van der Waals surface area contributed by atoms with Crippen LogP contribution in [0.2, 0.25) is 0 Å². The Balaban J connectivity index is 1.56. The van der Waals surface area contributed by atoms with E-state index < -0.39 is 0 Å². The number of H-pyrrole nitrogens is 1. The van der Waals surface area contributed by atoms with Gasteiger partial charge in [-0.05, 0) is 23.3 Å². The lowest BCUT2D eigenvalue weighted by molar-refractivity contribution is 0.0342. The van der Waals surface area contributed by atoms with Gasteiger partial charge in [-0.1, -0.05) is 45.0 Å². The highest BCUT2D eigenvalue weighted by Gasteiger charge is 2.17. The Morgan fingerprint density at radius 3 is 2.32 bits per heavy atom. The van der Waals surface area contributed by atoms with Gasteiger partial charge in [0.1, 0.15) is 5.56 Å². The maximum atomic E-state index is 12.4. The van der Waals surface area contributed by atoms with Crippen LogP contribution in [0.1, 0.15) is 48.0 Å². The quantitative estimate of drug-likeness (QED) is 0.832. The molecule has 28 heavy (non-hydrogen) atoms. The first-order chi connectivity index (χ1) is 13.3. The highest BCUT2D eigenvalue weighted by Crippen LogP contribution is 2.18. The zero-order valence-corrected chi connectivity index (χ0v) is 16.9. The van der Waals surface area contributed by atoms with Crippen LogP contribution in [0.4, 0.5) is 0 Å². The summed E-state index contributed by atoms with van der Waals surface area (Å²) in [5.74, 6) is -0.362. The largest absolute Gasteiger partial charge is 0.379 e. The minimum atomic E-state index is -0.362. The summed E-state index contributed by atoms with van der Waals surface area (Å²) >= 11 is 0. The highest BCUT2D eigenvalue weighted by atomic mass is 16.5. The number of morpholine rings is 1. The van der Waals surface area contributed by atoms with Crippen molar-refractivity contribution >= 4 is 5.91 Å². The van der Waals surface area contributed by atoms with E-state index in [0.717, 1.165) is 44.1 Å². The Labute approximate surface area is 165 Å².